The molecule has 1 aliphatic heterocycles. The molecule has 0 bridgehead atoms. The Balaban J connectivity index is 1.67. The maximum Gasteiger partial charge on any atom is 0.254 e. The van der Waals surface area contributed by atoms with Crippen molar-refractivity contribution in [1.29, 1.82) is 0 Å². The molecule has 1 aromatic heterocycles. The van der Waals surface area contributed by atoms with Crippen LogP contribution in [0.4, 0.5) is 0 Å². The molecular formula is C19H19N3O. The molecule has 0 aliphatic carbocycles. The summed E-state index contributed by atoms with van der Waals surface area (Å²) >= 11 is 0. The minimum absolute atomic E-state index is 0.0374. The summed E-state index contributed by atoms with van der Waals surface area (Å²) in [6.07, 6.45) is 1.97. The fraction of sp³-hybridized carbons (Fsp3) is 0.263. The third-order valence-corrected chi connectivity index (χ3v) is 4.50. The standard InChI is InChI=1S/C19H19N3O/c1-13-6-4-7-14(12-13)19(23)22-11-5-10-17(22)18-20-15-8-2-3-9-16(15)21-18/h2-4,6-9,12,17H,5,10-11H2,1H3,(H,20,21). The summed E-state index contributed by atoms with van der Waals surface area (Å²) in [6.45, 7) is 2.80. The molecule has 1 fully saturated rings. The monoisotopic (exact) mass is 305 g/mol. The number of para-hydroxylation sites is 2. The molecule has 1 amide bonds. The maximum absolute atomic E-state index is 12.9. The van der Waals surface area contributed by atoms with E-state index in [1.807, 2.05) is 60.4 Å². The highest BCUT2D eigenvalue weighted by molar-refractivity contribution is 5.94. The lowest BCUT2D eigenvalue weighted by molar-refractivity contribution is 0.0730. The van der Waals surface area contributed by atoms with Gasteiger partial charge in [0.25, 0.3) is 5.91 Å². The molecule has 0 spiro atoms. The van der Waals surface area contributed by atoms with Crippen LogP contribution in [0.5, 0.6) is 0 Å². The lowest BCUT2D eigenvalue weighted by Gasteiger charge is -2.23. The number of rotatable bonds is 2. The minimum atomic E-state index is 0.0374. The zero-order valence-corrected chi connectivity index (χ0v) is 13.1. The van der Waals surface area contributed by atoms with Gasteiger partial charge in [0.2, 0.25) is 0 Å². The Morgan fingerprint density at radius 2 is 2.09 bits per heavy atom. The van der Waals surface area contributed by atoms with Gasteiger partial charge < -0.3 is 9.88 Å². The van der Waals surface area contributed by atoms with Crippen LogP contribution in [0, 0.1) is 6.92 Å². The molecular weight excluding hydrogens is 286 g/mol. The van der Waals surface area contributed by atoms with Gasteiger partial charge in [0.05, 0.1) is 17.1 Å². The number of H-pyrrole nitrogens is 1. The lowest BCUT2D eigenvalue weighted by Crippen LogP contribution is -2.31. The number of nitrogens with one attached hydrogen (secondary N) is 1. The van der Waals surface area contributed by atoms with Crippen LogP contribution in [-0.4, -0.2) is 27.3 Å². The first-order chi connectivity index (χ1) is 11.2. The Bertz CT molecular complexity index is 835. The van der Waals surface area contributed by atoms with Gasteiger partial charge in [-0.2, -0.15) is 0 Å². The molecule has 0 saturated carbocycles. The molecule has 23 heavy (non-hydrogen) atoms. The minimum Gasteiger partial charge on any atom is -0.340 e. The average molecular weight is 305 g/mol. The average Bonchev–Trinajstić information content (AvgIpc) is 3.20. The molecule has 4 heteroatoms. The van der Waals surface area contributed by atoms with Crippen LogP contribution < -0.4 is 0 Å². The molecule has 1 N–H and O–H groups in total. The van der Waals surface area contributed by atoms with Crippen LogP contribution in [0.1, 0.15) is 40.6 Å². The first-order valence-corrected chi connectivity index (χ1v) is 8.05. The quantitative estimate of drug-likeness (QED) is 0.782. The molecule has 1 atom stereocenters. The smallest absolute Gasteiger partial charge is 0.254 e. The van der Waals surface area contributed by atoms with Gasteiger partial charge in [-0.25, -0.2) is 4.98 Å². The van der Waals surface area contributed by atoms with Crippen molar-refractivity contribution >= 4 is 16.9 Å². The Hall–Kier alpha value is -2.62. The van der Waals surface area contributed by atoms with Crippen LogP contribution in [0.15, 0.2) is 48.5 Å². The van der Waals surface area contributed by atoms with Gasteiger partial charge in [-0.15, -0.1) is 0 Å². The van der Waals surface area contributed by atoms with Crippen molar-refractivity contribution in [2.45, 2.75) is 25.8 Å². The zero-order chi connectivity index (χ0) is 15.8. The summed E-state index contributed by atoms with van der Waals surface area (Å²) in [6, 6.07) is 15.8. The van der Waals surface area contributed by atoms with Crippen molar-refractivity contribution in [3.8, 4) is 0 Å². The number of likely N-dealkylation sites (tertiary alicyclic amines) is 1. The van der Waals surface area contributed by atoms with Gasteiger partial charge in [0.1, 0.15) is 5.82 Å². The Morgan fingerprint density at radius 1 is 1.22 bits per heavy atom. The zero-order valence-electron chi connectivity index (χ0n) is 13.1. The van der Waals surface area contributed by atoms with E-state index in [9.17, 15) is 4.79 Å². The first kappa shape index (κ1) is 14.0. The van der Waals surface area contributed by atoms with E-state index in [-0.39, 0.29) is 11.9 Å². The Kier molecular flexibility index (Phi) is 3.37. The van der Waals surface area contributed by atoms with Crippen molar-refractivity contribution in [3.05, 3.63) is 65.5 Å². The van der Waals surface area contributed by atoms with E-state index in [1.54, 1.807) is 0 Å². The summed E-state index contributed by atoms with van der Waals surface area (Å²) in [4.78, 5) is 22.9. The number of fused-ring (bicyclic) bond motifs is 1. The highest BCUT2D eigenvalue weighted by Crippen LogP contribution is 2.32. The number of carbonyl (C=O) groups is 1. The van der Waals surface area contributed by atoms with Crippen LogP contribution >= 0.6 is 0 Å². The number of aromatic amines is 1. The fourth-order valence-electron chi connectivity index (χ4n) is 3.37. The summed E-state index contributed by atoms with van der Waals surface area (Å²) in [5, 5.41) is 0. The molecule has 4 nitrogen and oxygen atoms in total. The summed E-state index contributed by atoms with van der Waals surface area (Å²) in [5.74, 6) is 0.987. The molecule has 4 rings (SSSR count). The van der Waals surface area contributed by atoms with Gasteiger partial charge in [-0.3, -0.25) is 4.79 Å². The predicted octanol–water partition coefficient (Wildman–Crippen LogP) is 3.85. The number of carbonyl (C=O) groups excluding carboxylic acids is 1. The number of aryl methyl sites for hydroxylation is 1. The number of imidazole rings is 1. The van der Waals surface area contributed by atoms with Gasteiger partial charge in [0.15, 0.2) is 0 Å². The normalized spacial score (nSPS) is 17.8. The van der Waals surface area contributed by atoms with Gasteiger partial charge in [-0.1, -0.05) is 29.8 Å². The summed E-state index contributed by atoms with van der Waals surface area (Å²) in [7, 11) is 0. The number of amides is 1. The van der Waals surface area contributed by atoms with Crippen LogP contribution in [0.2, 0.25) is 0 Å². The van der Waals surface area contributed by atoms with Crippen LogP contribution in [0.3, 0.4) is 0 Å². The molecule has 2 heterocycles. The molecule has 1 unspecified atom stereocenters. The van der Waals surface area contributed by atoms with Crippen molar-refractivity contribution in [1.82, 2.24) is 14.9 Å². The lowest BCUT2D eigenvalue weighted by atomic mass is 10.1. The maximum atomic E-state index is 12.9. The van der Waals surface area contributed by atoms with Crippen molar-refractivity contribution in [2.24, 2.45) is 0 Å². The van der Waals surface area contributed by atoms with E-state index in [0.717, 1.165) is 47.4 Å². The van der Waals surface area contributed by atoms with E-state index in [1.165, 1.54) is 0 Å². The largest absolute Gasteiger partial charge is 0.340 e. The Morgan fingerprint density at radius 3 is 2.91 bits per heavy atom. The number of hydrogen-bond acceptors (Lipinski definition) is 2. The third-order valence-electron chi connectivity index (χ3n) is 4.50. The molecule has 2 aromatic carbocycles. The molecule has 0 radical (unpaired) electrons. The highest BCUT2D eigenvalue weighted by atomic mass is 16.2. The van der Waals surface area contributed by atoms with E-state index in [0.29, 0.717) is 0 Å². The van der Waals surface area contributed by atoms with Crippen molar-refractivity contribution in [2.75, 3.05) is 6.54 Å². The third kappa shape index (κ3) is 2.50. The number of benzene rings is 2. The summed E-state index contributed by atoms with van der Waals surface area (Å²) in [5.41, 5.74) is 3.85. The highest BCUT2D eigenvalue weighted by Gasteiger charge is 2.32. The van der Waals surface area contributed by atoms with Crippen LogP contribution in [0.25, 0.3) is 11.0 Å². The van der Waals surface area contributed by atoms with Crippen molar-refractivity contribution in [3.63, 3.8) is 0 Å². The predicted molar refractivity (Wildman–Crippen MR) is 90.3 cm³/mol. The number of hydrogen-bond donors (Lipinski definition) is 1. The van der Waals surface area contributed by atoms with E-state index in [2.05, 4.69) is 9.97 Å². The molecule has 3 aromatic rings. The van der Waals surface area contributed by atoms with E-state index < -0.39 is 0 Å². The second-order valence-electron chi connectivity index (χ2n) is 6.17. The molecule has 116 valence electrons. The van der Waals surface area contributed by atoms with E-state index in [4.69, 9.17) is 0 Å². The number of aromatic nitrogens is 2. The first-order valence-electron chi connectivity index (χ1n) is 8.05. The van der Waals surface area contributed by atoms with Crippen molar-refractivity contribution < 1.29 is 4.79 Å². The fourth-order valence-corrected chi connectivity index (χ4v) is 3.37. The molecule has 1 aliphatic rings. The van der Waals surface area contributed by atoms with Gasteiger partial charge in [0, 0.05) is 12.1 Å². The SMILES string of the molecule is Cc1cccc(C(=O)N2CCCC2c2nc3ccccc3[nH]2)c1. The second kappa shape index (κ2) is 5.54. The topological polar surface area (TPSA) is 49.0 Å². The second-order valence-corrected chi connectivity index (χ2v) is 6.17. The van der Waals surface area contributed by atoms with Crippen LogP contribution in [-0.2, 0) is 0 Å². The van der Waals surface area contributed by atoms with E-state index >= 15 is 0 Å². The van der Waals surface area contributed by atoms with Gasteiger partial charge >= 0.3 is 0 Å². The molecule has 1 saturated heterocycles. The Labute approximate surface area is 135 Å². The number of nitrogens with zero attached hydrogens (tertiary/aromatic N) is 2. The van der Waals surface area contributed by atoms with Gasteiger partial charge in [-0.05, 0) is 44.0 Å². The summed E-state index contributed by atoms with van der Waals surface area (Å²) < 4.78 is 0.